The number of hydrogen-bond acceptors (Lipinski definition) is 6. The molecule has 0 spiro atoms. The molecule has 0 unspecified atom stereocenters. The second-order valence-corrected chi connectivity index (χ2v) is 11.9. The molecule has 0 aliphatic carbocycles. The molecule has 3 aromatic carbocycles. The number of nitrogens with zero attached hydrogens (tertiary/aromatic N) is 1. The summed E-state index contributed by atoms with van der Waals surface area (Å²) in [6.45, 7) is 0. The van der Waals surface area contributed by atoms with Crippen molar-refractivity contribution in [1.29, 1.82) is 0 Å². The molecule has 1 aliphatic rings. The fourth-order valence-corrected chi connectivity index (χ4v) is 6.34. The zero-order valence-corrected chi connectivity index (χ0v) is 24.3. The molecule has 1 aromatic heterocycles. The van der Waals surface area contributed by atoms with Crippen molar-refractivity contribution < 1.29 is 19.2 Å². The maximum Gasteiger partial charge on any atom is 0.272 e. The summed E-state index contributed by atoms with van der Waals surface area (Å²) in [7, 11) is 0. The number of rotatable bonds is 8. The van der Waals surface area contributed by atoms with Crippen molar-refractivity contribution in [2.75, 3.05) is 10.2 Å². The summed E-state index contributed by atoms with van der Waals surface area (Å²) in [5, 5.41) is 7.34. The zero-order valence-electron chi connectivity index (χ0n) is 21.2. The third-order valence-corrected chi connectivity index (χ3v) is 8.52. The van der Waals surface area contributed by atoms with Gasteiger partial charge < -0.3 is 10.6 Å². The van der Waals surface area contributed by atoms with Crippen molar-refractivity contribution in [2.45, 2.75) is 16.6 Å². The number of benzene rings is 3. The summed E-state index contributed by atoms with van der Waals surface area (Å²) < 4.78 is 0. The number of anilines is 2. The van der Waals surface area contributed by atoms with Crippen molar-refractivity contribution in [2.24, 2.45) is 0 Å². The number of nitrogens with one attached hydrogen (secondary N) is 2. The van der Waals surface area contributed by atoms with E-state index in [0.717, 1.165) is 9.78 Å². The van der Waals surface area contributed by atoms with Crippen LogP contribution in [0.15, 0.2) is 101 Å². The van der Waals surface area contributed by atoms with Gasteiger partial charge >= 0.3 is 0 Å². The lowest BCUT2D eigenvalue weighted by Crippen LogP contribution is -2.31. The van der Waals surface area contributed by atoms with Crippen LogP contribution in [0, 0.1) is 0 Å². The van der Waals surface area contributed by atoms with E-state index in [0.29, 0.717) is 21.2 Å². The predicted molar refractivity (Wildman–Crippen MR) is 164 cm³/mol. The lowest BCUT2D eigenvalue weighted by atomic mass is 10.2. The number of thiophene rings is 1. The Morgan fingerprint density at radius 2 is 1.76 bits per heavy atom. The van der Waals surface area contributed by atoms with Gasteiger partial charge in [0, 0.05) is 32.5 Å². The Morgan fingerprint density at radius 1 is 0.951 bits per heavy atom. The minimum Gasteiger partial charge on any atom is -0.321 e. The Kier molecular flexibility index (Phi) is 8.90. The van der Waals surface area contributed by atoms with Crippen LogP contribution in [0.4, 0.5) is 11.4 Å². The van der Waals surface area contributed by atoms with Gasteiger partial charge in [0.25, 0.3) is 11.8 Å². The molecule has 2 N–H and O–H groups in total. The van der Waals surface area contributed by atoms with E-state index in [-0.39, 0.29) is 34.6 Å². The molecule has 7 nitrogen and oxygen atoms in total. The van der Waals surface area contributed by atoms with Gasteiger partial charge in [-0.1, -0.05) is 53.5 Å². The Morgan fingerprint density at radius 3 is 2.49 bits per heavy atom. The minimum atomic E-state index is -0.667. The molecule has 0 bridgehead atoms. The van der Waals surface area contributed by atoms with Gasteiger partial charge in [-0.3, -0.25) is 19.2 Å². The Labute approximate surface area is 254 Å². The van der Waals surface area contributed by atoms with Crippen LogP contribution in [-0.4, -0.2) is 28.9 Å². The smallest absolute Gasteiger partial charge is 0.272 e. The van der Waals surface area contributed by atoms with Crippen LogP contribution in [0.25, 0.3) is 6.08 Å². The average molecular weight is 623 g/mol. The van der Waals surface area contributed by atoms with Crippen molar-refractivity contribution in [3.05, 3.63) is 116 Å². The van der Waals surface area contributed by atoms with E-state index < -0.39 is 17.1 Å². The molecule has 206 valence electrons. The first-order chi connectivity index (χ1) is 19.8. The fraction of sp³-hybridized carbons (Fsp3) is 0.0667. The fourth-order valence-electron chi connectivity index (χ4n) is 4.08. The molecule has 0 radical (unpaired) electrons. The van der Waals surface area contributed by atoms with Crippen LogP contribution in [0.5, 0.6) is 0 Å². The average Bonchev–Trinajstić information content (AvgIpc) is 3.56. The number of halogens is 2. The molecule has 1 saturated heterocycles. The Bertz CT molecular complexity index is 1660. The topological polar surface area (TPSA) is 95.6 Å². The molecule has 0 saturated carbocycles. The lowest BCUT2D eigenvalue weighted by Gasteiger charge is -2.16. The van der Waals surface area contributed by atoms with Crippen LogP contribution in [0.1, 0.15) is 21.7 Å². The number of hydrogen-bond donors (Lipinski definition) is 2. The minimum absolute atomic E-state index is 0.00173. The predicted octanol–water partition coefficient (Wildman–Crippen LogP) is 6.89. The number of amides is 4. The van der Waals surface area contributed by atoms with Gasteiger partial charge in [-0.2, -0.15) is 0 Å². The van der Waals surface area contributed by atoms with Gasteiger partial charge in [-0.05, 0) is 66.1 Å². The van der Waals surface area contributed by atoms with Gasteiger partial charge in [0.05, 0.1) is 16.0 Å². The van der Waals surface area contributed by atoms with Crippen molar-refractivity contribution >= 4 is 87.4 Å². The van der Waals surface area contributed by atoms with E-state index in [2.05, 4.69) is 10.6 Å². The normalized spacial score (nSPS) is 15.2. The highest BCUT2D eigenvalue weighted by atomic mass is 35.5. The first-order valence-corrected chi connectivity index (χ1v) is 14.8. The molecule has 11 heteroatoms. The van der Waals surface area contributed by atoms with Gasteiger partial charge in [0.1, 0.15) is 5.70 Å². The summed E-state index contributed by atoms with van der Waals surface area (Å²) in [6, 6.07) is 23.8. The molecule has 1 atom stereocenters. The molecule has 5 rings (SSSR count). The molecule has 4 aromatic rings. The maximum absolute atomic E-state index is 13.3. The monoisotopic (exact) mass is 621 g/mol. The van der Waals surface area contributed by atoms with Crippen molar-refractivity contribution in [1.82, 2.24) is 5.32 Å². The summed E-state index contributed by atoms with van der Waals surface area (Å²) >= 11 is 14.9. The van der Waals surface area contributed by atoms with Gasteiger partial charge in [0.15, 0.2) is 0 Å². The van der Waals surface area contributed by atoms with E-state index in [4.69, 9.17) is 23.2 Å². The van der Waals surface area contributed by atoms with Crippen LogP contribution >= 0.6 is 46.3 Å². The summed E-state index contributed by atoms with van der Waals surface area (Å²) in [5.41, 5.74) is 1.24. The third-order valence-electron chi connectivity index (χ3n) is 5.98. The second-order valence-electron chi connectivity index (χ2n) is 8.85. The van der Waals surface area contributed by atoms with Gasteiger partial charge in [0.2, 0.25) is 11.8 Å². The van der Waals surface area contributed by atoms with E-state index in [1.807, 2.05) is 17.5 Å². The van der Waals surface area contributed by atoms with E-state index in [1.54, 1.807) is 72.8 Å². The molecule has 1 aliphatic heterocycles. The van der Waals surface area contributed by atoms with Gasteiger partial charge in [-0.15, -0.1) is 23.1 Å². The van der Waals surface area contributed by atoms with E-state index in [9.17, 15) is 19.2 Å². The maximum atomic E-state index is 13.3. The van der Waals surface area contributed by atoms with Gasteiger partial charge in [-0.25, -0.2) is 4.90 Å². The first-order valence-electron chi connectivity index (χ1n) is 12.3. The largest absolute Gasteiger partial charge is 0.321 e. The highest BCUT2D eigenvalue weighted by molar-refractivity contribution is 8.00. The number of carbonyl (C=O) groups is 4. The quantitative estimate of drug-likeness (QED) is 0.165. The molecule has 41 heavy (non-hydrogen) atoms. The molecule has 1 fully saturated rings. The standard InChI is InChI=1S/C30H21Cl2N3O4S2/c31-19-11-12-25(23(32)14-19)35-27(36)17-26(30(35)39)41-22-9-4-8-20(15-22)33-29(38)24(16-21-10-5-13-40-21)34-28(37)18-6-2-1-3-7-18/h1-16,26H,17H2,(H,33,38)(H,34,37)/b24-16-/t26-/m1/s1. The highest BCUT2D eigenvalue weighted by Gasteiger charge is 2.41. The number of carbonyl (C=O) groups excluding carboxylic acids is 4. The Hall–Kier alpha value is -3.89. The van der Waals surface area contributed by atoms with E-state index in [1.165, 1.54) is 29.2 Å². The lowest BCUT2D eigenvalue weighted by molar-refractivity contribution is -0.121. The van der Waals surface area contributed by atoms with Crippen LogP contribution in [0.2, 0.25) is 10.0 Å². The third kappa shape index (κ3) is 6.89. The van der Waals surface area contributed by atoms with Crippen molar-refractivity contribution in [3.63, 3.8) is 0 Å². The number of imide groups is 1. The van der Waals surface area contributed by atoms with E-state index >= 15 is 0 Å². The summed E-state index contributed by atoms with van der Waals surface area (Å²) in [5.74, 6) is -1.68. The summed E-state index contributed by atoms with van der Waals surface area (Å²) in [6.07, 6.45) is 1.61. The molecule has 4 amide bonds. The van der Waals surface area contributed by atoms with Crippen LogP contribution in [0.3, 0.4) is 0 Å². The molecule has 2 heterocycles. The summed E-state index contributed by atoms with van der Waals surface area (Å²) in [4.78, 5) is 54.5. The van der Waals surface area contributed by atoms with Crippen LogP contribution < -0.4 is 15.5 Å². The van der Waals surface area contributed by atoms with Crippen molar-refractivity contribution in [3.8, 4) is 0 Å². The number of thioether (sulfide) groups is 1. The first kappa shape index (κ1) is 28.6. The SMILES string of the molecule is O=C(Nc1cccc(S[C@@H]2CC(=O)N(c3ccc(Cl)cc3Cl)C2=O)c1)/C(=C/c1cccs1)NC(=O)c1ccccc1. The molecular weight excluding hydrogens is 601 g/mol. The van der Waals surface area contributed by atoms with Crippen LogP contribution in [-0.2, 0) is 14.4 Å². The Balaban J connectivity index is 1.31. The molecular formula is C30H21Cl2N3O4S2. The zero-order chi connectivity index (χ0) is 28.9. The second kappa shape index (κ2) is 12.7. The highest BCUT2D eigenvalue weighted by Crippen LogP contribution is 2.38.